The Morgan fingerprint density at radius 2 is 2.00 bits per heavy atom. The number of aromatic nitrogens is 2. The molecule has 0 bridgehead atoms. The molecule has 2 rings (SSSR count). The molecule has 0 unspecified atom stereocenters. The second kappa shape index (κ2) is 5.43. The molecule has 0 spiro atoms. The number of rotatable bonds is 5. The van der Waals surface area contributed by atoms with E-state index in [0.717, 1.165) is 5.56 Å². The molecule has 0 aliphatic heterocycles. The Bertz CT molecular complexity index is 693. The first kappa shape index (κ1) is 14.2. The number of hydrogen-bond acceptors (Lipinski definition) is 4. The zero-order chi connectivity index (χ0) is 14.8. The average molecular weight is 295 g/mol. The summed E-state index contributed by atoms with van der Waals surface area (Å²) in [6.45, 7) is 0.180. The number of carbonyl (C=O) groups is 1. The van der Waals surface area contributed by atoms with Crippen LogP contribution in [0.4, 0.5) is 0 Å². The van der Waals surface area contributed by atoms with Gasteiger partial charge in [0.15, 0.2) is 0 Å². The summed E-state index contributed by atoms with van der Waals surface area (Å²) in [7, 11) is -2.21. The zero-order valence-corrected chi connectivity index (χ0v) is 11.5. The third kappa shape index (κ3) is 2.86. The molecule has 0 aliphatic carbocycles. The van der Waals surface area contributed by atoms with Crippen molar-refractivity contribution in [3.63, 3.8) is 0 Å². The van der Waals surface area contributed by atoms with Crippen molar-refractivity contribution in [2.45, 2.75) is 11.4 Å². The van der Waals surface area contributed by atoms with Crippen LogP contribution in [0.2, 0.25) is 0 Å². The second-order valence-electron chi connectivity index (χ2n) is 4.20. The quantitative estimate of drug-likeness (QED) is 0.854. The van der Waals surface area contributed by atoms with Crippen molar-refractivity contribution in [1.29, 1.82) is 0 Å². The lowest BCUT2D eigenvalue weighted by atomic mass is 10.2. The summed E-state index contributed by atoms with van der Waals surface area (Å²) in [5.74, 6) is -1.10. The van der Waals surface area contributed by atoms with Crippen molar-refractivity contribution in [2.24, 2.45) is 0 Å². The molecule has 0 saturated heterocycles. The molecule has 8 heteroatoms. The molecule has 106 valence electrons. The number of nitrogens with zero attached hydrogens (tertiary/aromatic N) is 2. The van der Waals surface area contributed by atoms with E-state index in [1.807, 2.05) is 0 Å². The first-order chi connectivity index (χ1) is 9.41. The minimum absolute atomic E-state index is 0.0430. The van der Waals surface area contributed by atoms with Gasteiger partial charge in [-0.2, -0.15) is 9.40 Å². The van der Waals surface area contributed by atoms with Gasteiger partial charge in [0.25, 0.3) is 0 Å². The molecule has 7 nitrogen and oxygen atoms in total. The zero-order valence-electron chi connectivity index (χ0n) is 10.6. The van der Waals surface area contributed by atoms with E-state index < -0.39 is 16.0 Å². The number of carboxylic acid groups (broad SMARTS) is 1. The van der Waals surface area contributed by atoms with Crippen LogP contribution < -0.4 is 0 Å². The Labute approximate surface area is 115 Å². The van der Waals surface area contributed by atoms with Crippen LogP contribution in [0.3, 0.4) is 0 Å². The van der Waals surface area contributed by atoms with Crippen molar-refractivity contribution in [2.75, 3.05) is 7.05 Å². The van der Waals surface area contributed by atoms with Crippen molar-refractivity contribution < 1.29 is 18.3 Å². The number of nitrogens with one attached hydrogen (secondary N) is 1. The largest absolute Gasteiger partial charge is 0.478 e. The summed E-state index contributed by atoms with van der Waals surface area (Å²) in [5.41, 5.74) is 0.777. The molecule has 0 atom stereocenters. The van der Waals surface area contributed by atoms with E-state index in [-0.39, 0.29) is 17.0 Å². The SMILES string of the molecule is CN(Cc1cn[nH]c1)S(=O)(=O)c1ccc(C(=O)O)cc1. The van der Waals surface area contributed by atoms with Gasteiger partial charge < -0.3 is 5.11 Å². The number of H-pyrrole nitrogens is 1. The van der Waals surface area contributed by atoms with Gasteiger partial charge in [0.2, 0.25) is 10.0 Å². The van der Waals surface area contributed by atoms with Crippen molar-refractivity contribution in [3.05, 3.63) is 47.8 Å². The smallest absolute Gasteiger partial charge is 0.335 e. The van der Waals surface area contributed by atoms with Gasteiger partial charge in [-0.3, -0.25) is 5.10 Å². The van der Waals surface area contributed by atoms with E-state index in [1.54, 1.807) is 12.4 Å². The number of carboxylic acids is 1. The van der Waals surface area contributed by atoms with Crippen LogP contribution in [0.25, 0.3) is 0 Å². The summed E-state index contributed by atoms with van der Waals surface area (Å²) in [6, 6.07) is 5.09. The summed E-state index contributed by atoms with van der Waals surface area (Å²) in [4.78, 5) is 10.8. The maximum absolute atomic E-state index is 12.3. The van der Waals surface area contributed by atoms with E-state index >= 15 is 0 Å². The topological polar surface area (TPSA) is 103 Å². The maximum Gasteiger partial charge on any atom is 0.335 e. The van der Waals surface area contributed by atoms with E-state index in [9.17, 15) is 13.2 Å². The van der Waals surface area contributed by atoms with Crippen LogP contribution in [-0.2, 0) is 16.6 Å². The molecule has 2 aromatic rings. The number of hydrogen-bond donors (Lipinski definition) is 2. The number of sulfonamides is 1. The minimum Gasteiger partial charge on any atom is -0.478 e. The van der Waals surface area contributed by atoms with Crippen molar-refractivity contribution in [3.8, 4) is 0 Å². The average Bonchev–Trinajstić information content (AvgIpc) is 2.91. The molecule has 1 aromatic heterocycles. The highest BCUT2D eigenvalue weighted by Gasteiger charge is 2.21. The van der Waals surface area contributed by atoms with Crippen LogP contribution in [0.15, 0.2) is 41.6 Å². The fourth-order valence-electron chi connectivity index (χ4n) is 1.66. The van der Waals surface area contributed by atoms with Crippen LogP contribution in [0, 0.1) is 0 Å². The predicted octanol–water partition coefficient (Wildman–Crippen LogP) is 0.929. The molecular formula is C12H13N3O4S. The van der Waals surface area contributed by atoms with E-state index in [1.165, 1.54) is 35.6 Å². The van der Waals surface area contributed by atoms with E-state index in [4.69, 9.17) is 5.11 Å². The van der Waals surface area contributed by atoms with Crippen molar-refractivity contribution >= 4 is 16.0 Å². The Morgan fingerprint density at radius 1 is 1.35 bits per heavy atom. The van der Waals surface area contributed by atoms with Crippen LogP contribution in [0.5, 0.6) is 0 Å². The number of benzene rings is 1. The van der Waals surface area contributed by atoms with Gasteiger partial charge in [-0.15, -0.1) is 0 Å². The fraction of sp³-hybridized carbons (Fsp3) is 0.167. The molecule has 0 radical (unpaired) electrons. The van der Waals surface area contributed by atoms with E-state index in [0.29, 0.717) is 0 Å². The maximum atomic E-state index is 12.3. The van der Waals surface area contributed by atoms with E-state index in [2.05, 4.69) is 10.2 Å². The predicted molar refractivity (Wildman–Crippen MR) is 70.6 cm³/mol. The summed E-state index contributed by atoms with van der Waals surface area (Å²) in [5, 5.41) is 15.1. The highest BCUT2D eigenvalue weighted by molar-refractivity contribution is 7.89. The van der Waals surface area contributed by atoms with Gasteiger partial charge in [0.05, 0.1) is 16.7 Å². The summed E-state index contributed by atoms with van der Waals surface area (Å²) < 4.78 is 25.7. The van der Waals surface area contributed by atoms with Gasteiger partial charge in [-0.05, 0) is 24.3 Å². The van der Waals surface area contributed by atoms with Crippen molar-refractivity contribution in [1.82, 2.24) is 14.5 Å². The molecule has 2 N–H and O–H groups in total. The van der Waals surface area contributed by atoms with Gasteiger partial charge in [-0.25, -0.2) is 13.2 Å². The molecule has 1 aromatic carbocycles. The van der Waals surface area contributed by atoms with Crippen LogP contribution >= 0.6 is 0 Å². The van der Waals surface area contributed by atoms with Gasteiger partial charge in [0.1, 0.15) is 0 Å². The molecule has 0 saturated carbocycles. The summed E-state index contributed by atoms with van der Waals surface area (Å²) in [6.07, 6.45) is 3.15. The first-order valence-electron chi connectivity index (χ1n) is 5.68. The highest BCUT2D eigenvalue weighted by Crippen LogP contribution is 2.17. The Balaban J connectivity index is 2.23. The third-order valence-corrected chi connectivity index (χ3v) is 4.59. The second-order valence-corrected chi connectivity index (χ2v) is 6.24. The van der Waals surface area contributed by atoms with Gasteiger partial charge >= 0.3 is 5.97 Å². The van der Waals surface area contributed by atoms with Gasteiger partial charge in [-0.1, -0.05) is 0 Å². The molecule has 0 fully saturated rings. The molecule has 0 aliphatic rings. The number of aromatic amines is 1. The normalized spacial score (nSPS) is 11.7. The monoisotopic (exact) mass is 295 g/mol. The van der Waals surface area contributed by atoms with Crippen LogP contribution in [0.1, 0.15) is 15.9 Å². The fourth-order valence-corrected chi connectivity index (χ4v) is 2.81. The minimum atomic E-state index is -3.66. The first-order valence-corrected chi connectivity index (χ1v) is 7.12. The Morgan fingerprint density at radius 3 is 2.50 bits per heavy atom. The third-order valence-electron chi connectivity index (χ3n) is 2.77. The Kier molecular flexibility index (Phi) is 3.86. The standard InChI is InChI=1S/C12H13N3O4S/c1-15(8-9-6-13-14-7-9)20(18,19)11-4-2-10(3-5-11)12(16)17/h2-7H,8H2,1H3,(H,13,14)(H,16,17). The number of aromatic carboxylic acids is 1. The lowest BCUT2D eigenvalue weighted by Crippen LogP contribution is -2.26. The molecule has 20 heavy (non-hydrogen) atoms. The lowest BCUT2D eigenvalue weighted by molar-refractivity contribution is 0.0696. The van der Waals surface area contributed by atoms with Gasteiger partial charge in [0, 0.05) is 25.4 Å². The highest BCUT2D eigenvalue weighted by atomic mass is 32.2. The Hall–Kier alpha value is -2.19. The molecular weight excluding hydrogens is 282 g/mol. The lowest BCUT2D eigenvalue weighted by Gasteiger charge is -2.16. The summed E-state index contributed by atoms with van der Waals surface area (Å²) >= 11 is 0. The van der Waals surface area contributed by atoms with Crippen LogP contribution in [-0.4, -0.2) is 41.0 Å². The molecule has 1 heterocycles. The molecule has 0 amide bonds.